The number of benzene rings is 8. The Bertz CT molecular complexity index is 3550. The summed E-state index contributed by atoms with van der Waals surface area (Å²) >= 11 is 0. The van der Waals surface area contributed by atoms with Gasteiger partial charge in [-0.2, -0.15) is 0 Å². The van der Waals surface area contributed by atoms with Gasteiger partial charge in [-0.25, -0.2) is 0 Å². The maximum Gasteiger partial charge on any atom is 0.136 e. The van der Waals surface area contributed by atoms with Gasteiger partial charge in [0.1, 0.15) is 11.2 Å². The van der Waals surface area contributed by atoms with E-state index in [9.17, 15) is 4.11 Å². The van der Waals surface area contributed by atoms with Crippen molar-refractivity contribution in [2.75, 3.05) is 0 Å². The molecule has 0 atom stereocenters. The molecule has 0 N–H and O–H groups in total. The van der Waals surface area contributed by atoms with E-state index >= 15 is 0 Å². The van der Waals surface area contributed by atoms with Crippen LogP contribution in [-0.4, -0.2) is 0 Å². The Hall–Kier alpha value is -5.92. The fourth-order valence-corrected chi connectivity index (χ4v) is 5.90. The number of para-hydroxylation sites is 1. The zero-order valence-electron chi connectivity index (χ0n) is 43.0. The molecule has 1 heterocycles. The fraction of sp³-hybridized carbons (Fsp3) is 0. The summed E-state index contributed by atoms with van der Waals surface area (Å²) in [5.74, 6) is 0. The molecule has 1 aromatic heterocycles. The van der Waals surface area contributed by atoms with E-state index in [4.69, 9.17) is 27.7 Å². The summed E-state index contributed by atoms with van der Waals surface area (Å²) < 4.78 is 183. The van der Waals surface area contributed by atoms with Crippen LogP contribution in [0.2, 0.25) is 0 Å². The molecule has 0 spiro atoms. The molecule has 0 unspecified atom stereocenters. The highest BCUT2D eigenvalue weighted by atomic mass is 16.3. The van der Waals surface area contributed by atoms with Crippen molar-refractivity contribution in [2.45, 2.75) is 0 Å². The summed E-state index contributed by atoms with van der Waals surface area (Å²) in [7, 11) is 0. The lowest BCUT2D eigenvalue weighted by Crippen LogP contribution is -1.93. The maximum atomic E-state index is 10.0. The molecule has 0 aliphatic heterocycles. The van der Waals surface area contributed by atoms with Crippen LogP contribution in [0, 0.1) is 0 Å². The Morgan fingerprint density at radius 3 is 1.53 bits per heavy atom. The van der Waals surface area contributed by atoms with Crippen LogP contribution in [0.5, 0.6) is 0 Å². The Morgan fingerprint density at radius 1 is 0.378 bits per heavy atom. The molecule has 9 rings (SSSR count). The SMILES string of the molecule is [2H]c1c([2H])c([2H])c(-c2c([2H])c([2H])c([2H])c([2H])c2-c2c3ccccc3c(-c3c([2H])c(-c4c([2H])c([2H])c([2H])c([2H])c4[2H])c4c(oc5c([2H])c([2H])c([2H])c([2H])c54)c3[2H])c3ccccc23)c([2H])c1[2H]. The number of furan rings is 1. The van der Waals surface area contributed by atoms with Crippen molar-refractivity contribution in [3.05, 3.63) is 169 Å². The summed E-state index contributed by atoms with van der Waals surface area (Å²) in [6.07, 6.45) is 0. The molecule has 0 saturated carbocycles. The Kier molecular flexibility index (Phi) is 2.90. The van der Waals surface area contributed by atoms with Crippen molar-refractivity contribution in [1.29, 1.82) is 0 Å². The van der Waals surface area contributed by atoms with Crippen LogP contribution in [0.1, 0.15) is 27.4 Å². The van der Waals surface area contributed by atoms with Gasteiger partial charge < -0.3 is 4.42 Å². The smallest absolute Gasteiger partial charge is 0.136 e. The van der Waals surface area contributed by atoms with Gasteiger partial charge in [-0.1, -0.05) is 151 Å². The fourth-order valence-electron chi connectivity index (χ4n) is 5.90. The van der Waals surface area contributed by atoms with E-state index in [2.05, 4.69) is 0 Å². The van der Waals surface area contributed by atoms with E-state index in [1.165, 1.54) is 0 Å². The lowest BCUT2D eigenvalue weighted by molar-refractivity contribution is 0.669. The molecule has 0 aliphatic rings. The first-order valence-electron chi connectivity index (χ1n) is 23.8. The Balaban J connectivity index is 1.54. The molecule has 0 bridgehead atoms. The van der Waals surface area contributed by atoms with Crippen LogP contribution >= 0.6 is 0 Å². The van der Waals surface area contributed by atoms with Gasteiger partial charge in [-0.15, -0.1) is 0 Å². The maximum absolute atomic E-state index is 10.0. The van der Waals surface area contributed by atoms with E-state index in [0.717, 1.165) is 0 Å². The van der Waals surface area contributed by atoms with Crippen LogP contribution in [0.3, 0.4) is 0 Å². The average Bonchev–Trinajstić information content (AvgIpc) is 3.70. The van der Waals surface area contributed by atoms with E-state index in [1.54, 1.807) is 48.5 Å². The van der Waals surface area contributed by atoms with E-state index in [-0.39, 0.29) is 65.7 Å². The number of rotatable bonds is 4. The topological polar surface area (TPSA) is 13.1 Å². The molecule has 0 amide bonds. The summed E-state index contributed by atoms with van der Waals surface area (Å²) in [5, 5.41) is 0.422. The van der Waals surface area contributed by atoms with Gasteiger partial charge in [0.25, 0.3) is 0 Å². The van der Waals surface area contributed by atoms with Gasteiger partial charge in [0.2, 0.25) is 0 Å². The molecule has 0 radical (unpaired) electrons. The van der Waals surface area contributed by atoms with Gasteiger partial charge >= 0.3 is 0 Å². The van der Waals surface area contributed by atoms with Crippen LogP contribution < -0.4 is 0 Å². The summed E-state index contributed by atoms with van der Waals surface area (Å²) in [6, 6.07) is -0.908. The Morgan fingerprint density at radius 2 is 0.889 bits per heavy atom. The largest absolute Gasteiger partial charge is 0.456 e. The average molecular weight is 593 g/mol. The third kappa shape index (κ3) is 4.09. The monoisotopic (exact) mass is 592 g/mol. The predicted octanol–water partition coefficient (Wildman–Crippen LogP) is 12.6. The minimum atomic E-state index is -0.762. The van der Waals surface area contributed by atoms with Gasteiger partial charge in [-0.05, 0) is 84.2 Å². The first kappa shape index (κ1) is 12.6. The highest BCUT2D eigenvalue weighted by Crippen LogP contribution is 2.48. The zero-order chi connectivity index (χ0) is 47.1. The van der Waals surface area contributed by atoms with Crippen molar-refractivity contribution in [1.82, 2.24) is 0 Å². The second-order valence-electron chi connectivity index (χ2n) is 10.1. The van der Waals surface area contributed by atoms with Crippen molar-refractivity contribution in [3.63, 3.8) is 0 Å². The molecule has 8 aromatic carbocycles. The highest BCUT2D eigenvalue weighted by molar-refractivity contribution is 6.23. The molecular formula is C44H28O. The normalized spacial score (nSPS) is 17.8. The van der Waals surface area contributed by atoms with Crippen molar-refractivity contribution in [2.24, 2.45) is 0 Å². The third-order valence-corrected chi connectivity index (χ3v) is 7.69. The molecule has 9 aromatic rings. The second-order valence-corrected chi connectivity index (χ2v) is 10.1. The van der Waals surface area contributed by atoms with Crippen LogP contribution in [0.25, 0.3) is 88.0 Å². The van der Waals surface area contributed by atoms with E-state index in [0.29, 0.717) is 0 Å². The van der Waals surface area contributed by atoms with Crippen LogP contribution in [0.4, 0.5) is 0 Å². The summed E-state index contributed by atoms with van der Waals surface area (Å²) in [4.78, 5) is 0. The van der Waals surface area contributed by atoms with Crippen molar-refractivity contribution >= 4 is 43.5 Å². The zero-order valence-corrected chi connectivity index (χ0v) is 23.0. The molecule has 210 valence electrons. The molecule has 0 saturated heterocycles. The van der Waals surface area contributed by atoms with Gasteiger partial charge in [-0.3, -0.25) is 0 Å². The summed E-state index contributed by atoms with van der Waals surface area (Å²) in [6.45, 7) is 0. The molecule has 1 heteroatoms. The minimum absolute atomic E-state index is 0.131. The molecule has 45 heavy (non-hydrogen) atoms. The second kappa shape index (κ2) is 10.4. The van der Waals surface area contributed by atoms with E-state index < -0.39 is 143 Å². The molecule has 1 nitrogen and oxygen atoms in total. The number of hydrogen-bond acceptors (Lipinski definition) is 1. The lowest BCUT2D eigenvalue weighted by atomic mass is 9.83. The predicted molar refractivity (Wildman–Crippen MR) is 190 cm³/mol. The Labute approximate surface area is 289 Å². The van der Waals surface area contributed by atoms with Crippen LogP contribution in [-0.2, 0) is 0 Å². The van der Waals surface area contributed by atoms with Crippen molar-refractivity contribution < 1.29 is 31.8 Å². The highest BCUT2D eigenvalue weighted by Gasteiger charge is 2.21. The minimum Gasteiger partial charge on any atom is -0.456 e. The third-order valence-electron chi connectivity index (χ3n) is 7.69. The number of hydrogen-bond donors (Lipinski definition) is 0. The number of fused-ring (bicyclic) bond motifs is 5. The quantitative estimate of drug-likeness (QED) is 0.185. The molecular weight excluding hydrogens is 544 g/mol. The first-order valence-corrected chi connectivity index (χ1v) is 13.8. The first-order chi connectivity index (χ1) is 30.7. The molecule has 0 fully saturated rings. The van der Waals surface area contributed by atoms with Gasteiger partial charge in [0.15, 0.2) is 0 Å². The standard InChI is InChI=1S/C44H28O/c1-3-15-29(16-4-1)32-19-7-8-20-33(32)43-36-23-11-9-21-34(36)42(35-22-10-12-24-37(35)43)31-27-39(30-17-5-2-6-18-30)44-38-25-13-14-26-40(38)45-41(44)28-31/h1-28H/i1D,2D,3D,4D,5D,6D,7D,8D,13D,14D,15D,16D,17D,18D,19D,20D,25D,26D,27D,28D. The van der Waals surface area contributed by atoms with E-state index in [1.807, 2.05) is 0 Å². The lowest BCUT2D eigenvalue weighted by Gasteiger charge is -2.20. The molecule has 0 aliphatic carbocycles. The van der Waals surface area contributed by atoms with Gasteiger partial charge in [0.05, 0.1) is 27.4 Å². The van der Waals surface area contributed by atoms with Crippen LogP contribution in [0.15, 0.2) is 174 Å². The van der Waals surface area contributed by atoms with Crippen molar-refractivity contribution in [3.8, 4) is 44.5 Å². The summed E-state index contributed by atoms with van der Waals surface area (Å²) in [5.41, 5.74) is -2.74. The van der Waals surface area contributed by atoms with Gasteiger partial charge in [0, 0.05) is 10.8 Å².